The maximum Gasteiger partial charge on any atom is 0.0423 e. The quantitative estimate of drug-likeness (QED) is 0.768. The Morgan fingerprint density at radius 1 is 1.38 bits per heavy atom. The molecule has 2 N–H and O–H groups in total. The molecular weight excluding hydrogens is 178 g/mol. The first kappa shape index (κ1) is 8.01. The van der Waals surface area contributed by atoms with Gasteiger partial charge in [0, 0.05) is 10.9 Å². The average molecular weight is 193 g/mol. The number of fused-ring (bicyclic) bond motifs is 1. The van der Waals surface area contributed by atoms with Crippen LogP contribution < -0.4 is 5.73 Å². The highest BCUT2D eigenvalue weighted by Gasteiger charge is 2.55. The Bertz CT molecular complexity index is 283. The second kappa shape index (κ2) is 2.82. The van der Waals surface area contributed by atoms with Crippen LogP contribution in [0.25, 0.3) is 0 Å². The molecule has 2 fully saturated rings. The summed E-state index contributed by atoms with van der Waals surface area (Å²) in [4.78, 5) is 1.39. The summed E-state index contributed by atoms with van der Waals surface area (Å²) in [5, 5.41) is 2.13. The standard InChI is InChI=1S/C11H15NS/c12-11(9-5-2-6-13-9)10-7-3-1-4-8(7)10/h2,5-8,10-11H,1,3-4,12H2. The van der Waals surface area contributed by atoms with Gasteiger partial charge in [0.2, 0.25) is 0 Å². The predicted molar refractivity (Wildman–Crippen MR) is 55.6 cm³/mol. The largest absolute Gasteiger partial charge is 0.323 e. The number of hydrogen-bond acceptors (Lipinski definition) is 2. The second-order valence-corrected chi connectivity index (χ2v) is 5.36. The molecule has 1 aromatic heterocycles. The van der Waals surface area contributed by atoms with Gasteiger partial charge in [0.05, 0.1) is 0 Å². The summed E-state index contributed by atoms with van der Waals surface area (Å²) in [6.07, 6.45) is 4.33. The summed E-state index contributed by atoms with van der Waals surface area (Å²) in [6.45, 7) is 0. The number of nitrogens with two attached hydrogens (primary N) is 1. The first-order chi connectivity index (χ1) is 6.38. The van der Waals surface area contributed by atoms with E-state index in [0.717, 1.165) is 17.8 Å². The van der Waals surface area contributed by atoms with Crippen LogP contribution >= 0.6 is 11.3 Å². The zero-order valence-electron chi connectivity index (χ0n) is 7.65. The molecule has 2 heteroatoms. The molecule has 1 aromatic rings. The molecular formula is C11H15NS. The van der Waals surface area contributed by atoms with E-state index in [1.54, 1.807) is 0 Å². The van der Waals surface area contributed by atoms with E-state index in [4.69, 9.17) is 5.73 Å². The Hall–Kier alpha value is -0.340. The second-order valence-electron chi connectivity index (χ2n) is 4.38. The Morgan fingerprint density at radius 2 is 2.15 bits per heavy atom. The van der Waals surface area contributed by atoms with Gasteiger partial charge in [-0.2, -0.15) is 0 Å². The van der Waals surface area contributed by atoms with Crippen molar-refractivity contribution in [1.29, 1.82) is 0 Å². The molecule has 2 aliphatic carbocycles. The van der Waals surface area contributed by atoms with Crippen molar-refractivity contribution >= 4 is 11.3 Å². The average Bonchev–Trinajstić information content (AvgIpc) is 2.68. The van der Waals surface area contributed by atoms with Gasteiger partial charge in [-0.1, -0.05) is 12.5 Å². The van der Waals surface area contributed by atoms with E-state index in [9.17, 15) is 0 Å². The fourth-order valence-electron chi connectivity index (χ4n) is 3.08. The molecule has 0 radical (unpaired) electrons. The zero-order chi connectivity index (χ0) is 8.84. The summed E-state index contributed by atoms with van der Waals surface area (Å²) in [5.74, 6) is 2.79. The molecule has 70 valence electrons. The van der Waals surface area contributed by atoms with Crippen LogP contribution in [0.1, 0.15) is 30.2 Å². The van der Waals surface area contributed by atoms with Gasteiger partial charge in [-0.25, -0.2) is 0 Å². The Kier molecular flexibility index (Phi) is 1.74. The Labute approximate surface area is 83.0 Å². The molecule has 0 amide bonds. The van der Waals surface area contributed by atoms with Crippen LogP contribution in [0.2, 0.25) is 0 Å². The van der Waals surface area contributed by atoms with Crippen LogP contribution in [0.15, 0.2) is 17.5 Å². The molecule has 2 saturated carbocycles. The van der Waals surface area contributed by atoms with E-state index in [-0.39, 0.29) is 0 Å². The lowest BCUT2D eigenvalue weighted by molar-refractivity contribution is 0.507. The topological polar surface area (TPSA) is 26.0 Å². The minimum absolute atomic E-state index is 0.343. The monoisotopic (exact) mass is 193 g/mol. The van der Waals surface area contributed by atoms with Crippen LogP contribution in [-0.2, 0) is 0 Å². The van der Waals surface area contributed by atoms with Gasteiger partial charge in [0.25, 0.3) is 0 Å². The van der Waals surface area contributed by atoms with Crippen molar-refractivity contribution in [3.63, 3.8) is 0 Å². The molecule has 3 atom stereocenters. The molecule has 13 heavy (non-hydrogen) atoms. The fraction of sp³-hybridized carbons (Fsp3) is 0.636. The van der Waals surface area contributed by atoms with Gasteiger partial charge < -0.3 is 5.73 Å². The van der Waals surface area contributed by atoms with Gasteiger partial charge in [0.1, 0.15) is 0 Å². The Balaban J connectivity index is 1.74. The Morgan fingerprint density at radius 3 is 2.77 bits per heavy atom. The van der Waals surface area contributed by atoms with Gasteiger partial charge in [0.15, 0.2) is 0 Å². The van der Waals surface area contributed by atoms with E-state index in [2.05, 4.69) is 17.5 Å². The maximum atomic E-state index is 6.25. The summed E-state index contributed by atoms with van der Waals surface area (Å²) >= 11 is 1.81. The molecule has 0 aromatic carbocycles. The smallest absolute Gasteiger partial charge is 0.0423 e. The van der Waals surface area contributed by atoms with Gasteiger partial charge in [-0.3, -0.25) is 0 Å². The third-order valence-corrected chi connectivity index (χ3v) is 4.73. The lowest BCUT2D eigenvalue weighted by atomic mass is 10.0. The van der Waals surface area contributed by atoms with Crippen molar-refractivity contribution in [1.82, 2.24) is 0 Å². The van der Waals surface area contributed by atoms with Crippen molar-refractivity contribution in [3.8, 4) is 0 Å². The van der Waals surface area contributed by atoms with Crippen molar-refractivity contribution in [2.24, 2.45) is 23.5 Å². The highest BCUT2D eigenvalue weighted by molar-refractivity contribution is 7.10. The predicted octanol–water partition coefficient (Wildman–Crippen LogP) is 2.79. The minimum Gasteiger partial charge on any atom is -0.323 e. The molecule has 0 bridgehead atoms. The van der Waals surface area contributed by atoms with Crippen LogP contribution in [-0.4, -0.2) is 0 Å². The molecule has 1 heterocycles. The summed E-state index contributed by atoms with van der Waals surface area (Å²) in [6, 6.07) is 4.64. The first-order valence-corrected chi connectivity index (χ1v) is 6.05. The van der Waals surface area contributed by atoms with Crippen LogP contribution in [0, 0.1) is 17.8 Å². The molecule has 3 unspecified atom stereocenters. The third kappa shape index (κ3) is 1.16. The highest BCUT2D eigenvalue weighted by Crippen LogP contribution is 2.61. The first-order valence-electron chi connectivity index (χ1n) is 5.17. The van der Waals surface area contributed by atoms with E-state index in [0.29, 0.717) is 6.04 Å². The molecule has 3 rings (SSSR count). The summed E-state index contributed by atoms with van der Waals surface area (Å²) < 4.78 is 0. The van der Waals surface area contributed by atoms with E-state index >= 15 is 0 Å². The summed E-state index contributed by atoms with van der Waals surface area (Å²) in [7, 11) is 0. The van der Waals surface area contributed by atoms with Crippen LogP contribution in [0.3, 0.4) is 0 Å². The zero-order valence-corrected chi connectivity index (χ0v) is 8.46. The van der Waals surface area contributed by atoms with Crippen molar-refractivity contribution < 1.29 is 0 Å². The van der Waals surface area contributed by atoms with Crippen molar-refractivity contribution in [2.45, 2.75) is 25.3 Å². The maximum absolute atomic E-state index is 6.25. The number of thiophene rings is 1. The van der Waals surface area contributed by atoms with Gasteiger partial charge >= 0.3 is 0 Å². The van der Waals surface area contributed by atoms with Crippen LogP contribution in [0.4, 0.5) is 0 Å². The lowest BCUT2D eigenvalue weighted by Crippen LogP contribution is -2.13. The fourth-order valence-corrected chi connectivity index (χ4v) is 3.87. The SMILES string of the molecule is NC(c1cccs1)C1C2CCCC21. The highest BCUT2D eigenvalue weighted by atomic mass is 32.1. The minimum atomic E-state index is 0.343. The van der Waals surface area contributed by atoms with Crippen molar-refractivity contribution in [2.75, 3.05) is 0 Å². The molecule has 2 aliphatic rings. The number of rotatable bonds is 2. The van der Waals surface area contributed by atoms with Crippen molar-refractivity contribution in [3.05, 3.63) is 22.4 Å². The molecule has 1 nitrogen and oxygen atoms in total. The normalized spacial score (nSPS) is 38.7. The van der Waals surface area contributed by atoms with E-state index in [1.165, 1.54) is 24.1 Å². The molecule has 0 saturated heterocycles. The van der Waals surface area contributed by atoms with E-state index in [1.807, 2.05) is 11.3 Å². The number of hydrogen-bond donors (Lipinski definition) is 1. The van der Waals surface area contributed by atoms with Gasteiger partial charge in [-0.05, 0) is 42.0 Å². The third-order valence-electron chi connectivity index (χ3n) is 3.76. The van der Waals surface area contributed by atoms with Gasteiger partial charge in [-0.15, -0.1) is 11.3 Å². The van der Waals surface area contributed by atoms with Crippen LogP contribution in [0.5, 0.6) is 0 Å². The lowest BCUT2D eigenvalue weighted by Gasteiger charge is -2.10. The molecule has 0 aliphatic heterocycles. The van der Waals surface area contributed by atoms with E-state index < -0.39 is 0 Å². The summed E-state index contributed by atoms with van der Waals surface area (Å²) in [5.41, 5.74) is 6.25. The molecule has 0 spiro atoms.